The predicted molar refractivity (Wildman–Crippen MR) is 80.0 cm³/mol. The fraction of sp³-hybridized carbons (Fsp3) is 1.00. The Morgan fingerprint density at radius 3 is 2.33 bits per heavy atom. The average molecular weight is 255 g/mol. The van der Waals surface area contributed by atoms with Gasteiger partial charge in [0, 0.05) is 19.1 Å². The molecule has 1 rings (SSSR count). The first kappa shape index (κ1) is 15.9. The van der Waals surface area contributed by atoms with Gasteiger partial charge in [-0.1, -0.05) is 13.8 Å². The van der Waals surface area contributed by atoms with E-state index in [1.165, 1.54) is 25.9 Å². The number of piperidine rings is 1. The second kappa shape index (κ2) is 6.88. The Morgan fingerprint density at radius 2 is 1.83 bits per heavy atom. The van der Waals surface area contributed by atoms with Gasteiger partial charge in [-0.15, -0.1) is 0 Å². The van der Waals surface area contributed by atoms with Gasteiger partial charge in [0.05, 0.1) is 0 Å². The van der Waals surface area contributed by atoms with Crippen molar-refractivity contribution >= 4 is 0 Å². The van der Waals surface area contributed by atoms with Crippen LogP contribution in [0.2, 0.25) is 0 Å². The SMILES string of the molecule is CC(NCC(C)(C)CN(C)C)C1CCN(C)CC1. The molecule has 1 heterocycles. The highest BCUT2D eigenvalue weighted by Gasteiger charge is 2.24. The van der Waals surface area contributed by atoms with Crippen LogP contribution in [0.5, 0.6) is 0 Å². The quantitative estimate of drug-likeness (QED) is 0.782. The summed E-state index contributed by atoms with van der Waals surface area (Å²) in [6, 6.07) is 0.653. The van der Waals surface area contributed by atoms with Crippen LogP contribution in [0.1, 0.15) is 33.6 Å². The monoisotopic (exact) mass is 255 g/mol. The third kappa shape index (κ3) is 5.68. The normalized spacial score (nSPS) is 21.5. The third-order valence-corrected chi connectivity index (χ3v) is 4.12. The molecule has 0 saturated carbocycles. The zero-order valence-electron chi connectivity index (χ0n) is 13.3. The Morgan fingerprint density at radius 1 is 1.28 bits per heavy atom. The number of hydrogen-bond donors (Lipinski definition) is 1. The average Bonchev–Trinajstić information content (AvgIpc) is 2.25. The van der Waals surface area contributed by atoms with Crippen molar-refractivity contribution in [3.63, 3.8) is 0 Å². The molecule has 18 heavy (non-hydrogen) atoms. The fourth-order valence-electron chi connectivity index (χ4n) is 3.04. The van der Waals surface area contributed by atoms with E-state index in [0.29, 0.717) is 11.5 Å². The van der Waals surface area contributed by atoms with Crippen LogP contribution in [-0.4, -0.2) is 63.2 Å². The summed E-state index contributed by atoms with van der Waals surface area (Å²) in [7, 11) is 6.54. The van der Waals surface area contributed by atoms with Gasteiger partial charge in [-0.05, 0) is 65.3 Å². The minimum atomic E-state index is 0.350. The summed E-state index contributed by atoms with van der Waals surface area (Å²) in [4.78, 5) is 4.72. The lowest BCUT2D eigenvalue weighted by atomic mass is 9.88. The summed E-state index contributed by atoms with van der Waals surface area (Å²) >= 11 is 0. The van der Waals surface area contributed by atoms with Crippen molar-refractivity contribution in [2.75, 3.05) is 47.3 Å². The van der Waals surface area contributed by atoms with E-state index in [4.69, 9.17) is 0 Å². The van der Waals surface area contributed by atoms with E-state index < -0.39 is 0 Å². The largest absolute Gasteiger partial charge is 0.313 e. The lowest BCUT2D eigenvalue weighted by molar-refractivity contribution is 0.172. The Labute approximate surface area is 114 Å². The molecule has 1 N–H and O–H groups in total. The molecule has 0 aromatic heterocycles. The highest BCUT2D eigenvalue weighted by molar-refractivity contribution is 4.81. The molecule has 1 aliphatic rings. The van der Waals surface area contributed by atoms with Crippen LogP contribution in [0.4, 0.5) is 0 Å². The molecular weight excluding hydrogens is 222 g/mol. The first-order valence-corrected chi connectivity index (χ1v) is 7.37. The van der Waals surface area contributed by atoms with E-state index >= 15 is 0 Å². The summed E-state index contributed by atoms with van der Waals surface area (Å²) < 4.78 is 0. The fourth-order valence-corrected chi connectivity index (χ4v) is 3.04. The third-order valence-electron chi connectivity index (χ3n) is 4.12. The second-order valence-corrected chi connectivity index (χ2v) is 7.21. The van der Waals surface area contributed by atoms with Crippen LogP contribution >= 0.6 is 0 Å². The standard InChI is InChI=1S/C15H33N3/c1-13(14-7-9-18(6)10-8-14)16-11-15(2,3)12-17(4)5/h13-14,16H,7-12H2,1-6H3. The molecule has 108 valence electrons. The Hall–Kier alpha value is -0.120. The van der Waals surface area contributed by atoms with Crippen molar-refractivity contribution in [2.45, 2.75) is 39.7 Å². The highest BCUT2D eigenvalue weighted by atomic mass is 15.1. The zero-order chi connectivity index (χ0) is 13.8. The van der Waals surface area contributed by atoms with Gasteiger partial charge in [0.25, 0.3) is 0 Å². The van der Waals surface area contributed by atoms with E-state index in [-0.39, 0.29) is 0 Å². The molecule has 3 heteroatoms. The molecule has 1 fully saturated rings. The minimum absolute atomic E-state index is 0.350. The van der Waals surface area contributed by atoms with Gasteiger partial charge in [0.2, 0.25) is 0 Å². The number of likely N-dealkylation sites (tertiary alicyclic amines) is 1. The van der Waals surface area contributed by atoms with Gasteiger partial charge >= 0.3 is 0 Å². The Balaban J connectivity index is 2.29. The van der Waals surface area contributed by atoms with Gasteiger partial charge < -0.3 is 15.1 Å². The van der Waals surface area contributed by atoms with Gasteiger partial charge in [0.1, 0.15) is 0 Å². The summed E-state index contributed by atoms with van der Waals surface area (Å²) in [5.74, 6) is 0.858. The van der Waals surface area contributed by atoms with Crippen LogP contribution < -0.4 is 5.32 Å². The summed E-state index contributed by atoms with van der Waals surface area (Å²) in [6.07, 6.45) is 2.69. The van der Waals surface area contributed by atoms with Crippen molar-refractivity contribution in [3.05, 3.63) is 0 Å². The molecule has 0 aliphatic carbocycles. The molecule has 0 spiro atoms. The van der Waals surface area contributed by atoms with E-state index in [2.05, 4.69) is 57.0 Å². The van der Waals surface area contributed by atoms with Crippen molar-refractivity contribution in [1.29, 1.82) is 0 Å². The maximum atomic E-state index is 3.77. The smallest absolute Gasteiger partial charge is 0.00681 e. The Kier molecular flexibility index (Phi) is 6.09. The molecular formula is C15H33N3. The number of nitrogens with zero attached hydrogens (tertiary/aromatic N) is 2. The van der Waals surface area contributed by atoms with Gasteiger partial charge in [-0.25, -0.2) is 0 Å². The van der Waals surface area contributed by atoms with Crippen LogP contribution in [0, 0.1) is 11.3 Å². The van der Waals surface area contributed by atoms with Crippen LogP contribution in [-0.2, 0) is 0 Å². The number of hydrogen-bond acceptors (Lipinski definition) is 3. The lowest BCUT2D eigenvalue weighted by Gasteiger charge is -2.36. The molecule has 3 nitrogen and oxygen atoms in total. The minimum Gasteiger partial charge on any atom is -0.313 e. The van der Waals surface area contributed by atoms with Crippen molar-refractivity contribution in [2.24, 2.45) is 11.3 Å². The predicted octanol–water partition coefficient (Wildman–Crippen LogP) is 1.89. The van der Waals surface area contributed by atoms with Gasteiger partial charge in [0.15, 0.2) is 0 Å². The van der Waals surface area contributed by atoms with Crippen molar-refractivity contribution in [1.82, 2.24) is 15.1 Å². The summed E-state index contributed by atoms with van der Waals surface area (Å²) in [5, 5.41) is 3.77. The lowest BCUT2D eigenvalue weighted by Crippen LogP contribution is -2.45. The first-order chi connectivity index (χ1) is 8.30. The highest BCUT2D eigenvalue weighted by Crippen LogP contribution is 2.21. The van der Waals surface area contributed by atoms with Crippen LogP contribution in [0.15, 0.2) is 0 Å². The molecule has 1 aliphatic heterocycles. The molecule has 1 atom stereocenters. The molecule has 0 radical (unpaired) electrons. The molecule has 0 aromatic carbocycles. The number of rotatable bonds is 6. The van der Waals surface area contributed by atoms with Crippen LogP contribution in [0.3, 0.4) is 0 Å². The van der Waals surface area contributed by atoms with Gasteiger partial charge in [-0.3, -0.25) is 0 Å². The van der Waals surface area contributed by atoms with Crippen LogP contribution in [0.25, 0.3) is 0 Å². The van der Waals surface area contributed by atoms with Crippen molar-refractivity contribution < 1.29 is 0 Å². The molecule has 1 saturated heterocycles. The second-order valence-electron chi connectivity index (χ2n) is 7.21. The molecule has 0 bridgehead atoms. The van der Waals surface area contributed by atoms with E-state index in [0.717, 1.165) is 19.0 Å². The zero-order valence-corrected chi connectivity index (χ0v) is 13.3. The van der Waals surface area contributed by atoms with E-state index in [9.17, 15) is 0 Å². The molecule has 1 unspecified atom stereocenters. The molecule has 0 amide bonds. The summed E-state index contributed by atoms with van der Waals surface area (Å²) in [6.45, 7) is 11.8. The Bertz CT molecular complexity index is 230. The first-order valence-electron chi connectivity index (χ1n) is 7.37. The van der Waals surface area contributed by atoms with E-state index in [1.807, 2.05) is 0 Å². The number of nitrogens with one attached hydrogen (secondary N) is 1. The maximum absolute atomic E-state index is 3.77. The van der Waals surface area contributed by atoms with Gasteiger partial charge in [-0.2, -0.15) is 0 Å². The molecule has 0 aromatic rings. The topological polar surface area (TPSA) is 18.5 Å². The maximum Gasteiger partial charge on any atom is 0.00681 e. The summed E-state index contributed by atoms with van der Waals surface area (Å²) in [5.41, 5.74) is 0.350. The van der Waals surface area contributed by atoms with E-state index in [1.54, 1.807) is 0 Å². The van der Waals surface area contributed by atoms with Crippen molar-refractivity contribution in [3.8, 4) is 0 Å².